The van der Waals surface area contributed by atoms with Crippen LogP contribution >= 0.6 is 23.2 Å². The van der Waals surface area contributed by atoms with Gasteiger partial charge in [0.2, 0.25) is 0 Å². The number of hydrogen-bond acceptors (Lipinski definition) is 2. The standard InChI is InChI=1S/C15H14Cl2FNO/c1-9(11-4-3-5-12(16)15(11)17)19-13-7-6-10(18)8-14(13)20-2/h3-9,19H,1-2H3. The molecule has 0 spiro atoms. The highest BCUT2D eigenvalue weighted by molar-refractivity contribution is 6.42. The third kappa shape index (κ3) is 3.17. The summed E-state index contributed by atoms with van der Waals surface area (Å²) in [6, 6.07) is 9.69. The van der Waals surface area contributed by atoms with Gasteiger partial charge in [0.25, 0.3) is 0 Å². The Balaban J connectivity index is 2.28. The molecule has 1 N–H and O–H groups in total. The Labute approximate surface area is 127 Å². The number of benzene rings is 2. The first kappa shape index (κ1) is 14.9. The molecule has 2 aromatic rings. The van der Waals surface area contributed by atoms with E-state index in [4.69, 9.17) is 27.9 Å². The maximum atomic E-state index is 13.2. The van der Waals surface area contributed by atoms with E-state index in [1.54, 1.807) is 12.1 Å². The summed E-state index contributed by atoms with van der Waals surface area (Å²) in [5.41, 5.74) is 1.56. The van der Waals surface area contributed by atoms with Gasteiger partial charge in [-0.15, -0.1) is 0 Å². The van der Waals surface area contributed by atoms with Crippen molar-refractivity contribution < 1.29 is 9.13 Å². The van der Waals surface area contributed by atoms with Crippen LogP contribution in [0.5, 0.6) is 5.75 Å². The Morgan fingerprint density at radius 3 is 2.65 bits per heavy atom. The number of anilines is 1. The lowest BCUT2D eigenvalue weighted by Crippen LogP contribution is -2.08. The largest absolute Gasteiger partial charge is 0.494 e. The van der Waals surface area contributed by atoms with Gasteiger partial charge in [-0.25, -0.2) is 4.39 Å². The normalized spacial score (nSPS) is 12.1. The molecule has 5 heteroatoms. The van der Waals surface area contributed by atoms with Gasteiger partial charge in [-0.1, -0.05) is 35.3 Å². The summed E-state index contributed by atoms with van der Waals surface area (Å²) in [4.78, 5) is 0. The fourth-order valence-corrected chi connectivity index (χ4v) is 2.42. The van der Waals surface area contributed by atoms with Gasteiger partial charge >= 0.3 is 0 Å². The number of ether oxygens (including phenoxy) is 1. The van der Waals surface area contributed by atoms with Crippen molar-refractivity contribution in [3.8, 4) is 5.75 Å². The highest BCUT2D eigenvalue weighted by atomic mass is 35.5. The van der Waals surface area contributed by atoms with E-state index in [2.05, 4.69) is 5.32 Å². The molecular weight excluding hydrogens is 300 g/mol. The van der Waals surface area contributed by atoms with Crippen LogP contribution in [0.2, 0.25) is 10.0 Å². The first-order valence-electron chi connectivity index (χ1n) is 6.07. The molecule has 0 saturated carbocycles. The molecule has 2 aromatic carbocycles. The van der Waals surface area contributed by atoms with E-state index in [0.29, 0.717) is 21.5 Å². The van der Waals surface area contributed by atoms with Crippen molar-refractivity contribution in [2.45, 2.75) is 13.0 Å². The SMILES string of the molecule is COc1cc(F)ccc1NC(C)c1cccc(Cl)c1Cl. The monoisotopic (exact) mass is 313 g/mol. The summed E-state index contributed by atoms with van der Waals surface area (Å²) in [6.07, 6.45) is 0. The molecule has 2 rings (SSSR count). The molecule has 0 fully saturated rings. The molecule has 1 atom stereocenters. The molecule has 0 aromatic heterocycles. The van der Waals surface area contributed by atoms with Gasteiger partial charge in [-0.2, -0.15) is 0 Å². The van der Waals surface area contributed by atoms with Gasteiger partial charge in [-0.3, -0.25) is 0 Å². The van der Waals surface area contributed by atoms with Crippen LogP contribution in [0.1, 0.15) is 18.5 Å². The zero-order valence-electron chi connectivity index (χ0n) is 11.1. The first-order valence-corrected chi connectivity index (χ1v) is 6.82. The highest BCUT2D eigenvalue weighted by Crippen LogP contribution is 2.33. The zero-order chi connectivity index (χ0) is 14.7. The predicted molar refractivity (Wildman–Crippen MR) is 81.5 cm³/mol. The van der Waals surface area contributed by atoms with Crippen molar-refractivity contribution in [3.05, 3.63) is 57.8 Å². The molecular formula is C15H14Cl2FNO. The number of methoxy groups -OCH3 is 1. The van der Waals surface area contributed by atoms with Gasteiger partial charge in [0.05, 0.1) is 28.9 Å². The Morgan fingerprint density at radius 2 is 1.95 bits per heavy atom. The van der Waals surface area contributed by atoms with Gasteiger partial charge in [0.1, 0.15) is 11.6 Å². The highest BCUT2D eigenvalue weighted by Gasteiger charge is 2.14. The summed E-state index contributed by atoms with van der Waals surface area (Å²) in [5.74, 6) is 0.0934. The lowest BCUT2D eigenvalue weighted by Gasteiger charge is -2.19. The van der Waals surface area contributed by atoms with Crippen LogP contribution in [-0.4, -0.2) is 7.11 Å². The zero-order valence-corrected chi connectivity index (χ0v) is 12.6. The second-order valence-electron chi connectivity index (χ2n) is 4.35. The molecule has 0 amide bonds. The molecule has 106 valence electrons. The minimum atomic E-state index is -0.346. The topological polar surface area (TPSA) is 21.3 Å². The Hall–Kier alpha value is -1.45. The third-order valence-corrected chi connectivity index (χ3v) is 3.82. The van der Waals surface area contributed by atoms with Crippen LogP contribution in [0.15, 0.2) is 36.4 Å². The summed E-state index contributed by atoms with van der Waals surface area (Å²) in [5, 5.41) is 4.25. The van der Waals surface area contributed by atoms with E-state index in [0.717, 1.165) is 5.56 Å². The molecule has 0 aliphatic heterocycles. The Bertz CT molecular complexity index is 619. The van der Waals surface area contributed by atoms with Crippen LogP contribution in [0.3, 0.4) is 0 Å². The molecule has 20 heavy (non-hydrogen) atoms. The molecule has 0 aliphatic rings. The van der Waals surface area contributed by atoms with Gasteiger partial charge < -0.3 is 10.1 Å². The lowest BCUT2D eigenvalue weighted by atomic mass is 10.1. The van der Waals surface area contributed by atoms with Gasteiger partial charge in [0, 0.05) is 6.07 Å². The van der Waals surface area contributed by atoms with Crippen molar-refractivity contribution in [3.63, 3.8) is 0 Å². The van der Waals surface area contributed by atoms with E-state index in [1.807, 2.05) is 19.1 Å². The van der Waals surface area contributed by atoms with E-state index < -0.39 is 0 Å². The molecule has 1 unspecified atom stereocenters. The number of rotatable bonds is 4. The van der Waals surface area contributed by atoms with Gasteiger partial charge in [0.15, 0.2) is 0 Å². The molecule has 0 bridgehead atoms. The average Bonchev–Trinajstić information content (AvgIpc) is 2.43. The first-order chi connectivity index (χ1) is 9.52. The van der Waals surface area contributed by atoms with E-state index >= 15 is 0 Å². The maximum Gasteiger partial charge on any atom is 0.144 e. The van der Waals surface area contributed by atoms with Crippen molar-refractivity contribution in [1.82, 2.24) is 0 Å². The number of hydrogen-bond donors (Lipinski definition) is 1. The minimum absolute atomic E-state index is 0.0967. The van der Waals surface area contributed by atoms with E-state index in [-0.39, 0.29) is 11.9 Å². The van der Waals surface area contributed by atoms with Crippen molar-refractivity contribution in [2.24, 2.45) is 0 Å². The second-order valence-corrected chi connectivity index (χ2v) is 5.14. The van der Waals surface area contributed by atoms with Gasteiger partial charge in [-0.05, 0) is 30.7 Å². The Kier molecular flexibility index (Phi) is 4.73. The molecule has 0 radical (unpaired) electrons. The van der Waals surface area contributed by atoms with E-state index in [9.17, 15) is 4.39 Å². The maximum absolute atomic E-state index is 13.2. The molecule has 2 nitrogen and oxygen atoms in total. The third-order valence-electron chi connectivity index (χ3n) is 2.98. The Morgan fingerprint density at radius 1 is 1.20 bits per heavy atom. The summed E-state index contributed by atoms with van der Waals surface area (Å²) in [7, 11) is 1.50. The number of halogens is 3. The van der Waals surface area contributed by atoms with E-state index in [1.165, 1.54) is 19.2 Å². The van der Waals surface area contributed by atoms with Crippen LogP contribution in [0.25, 0.3) is 0 Å². The molecule has 0 aliphatic carbocycles. The van der Waals surface area contributed by atoms with Crippen LogP contribution in [-0.2, 0) is 0 Å². The van der Waals surface area contributed by atoms with Crippen molar-refractivity contribution in [2.75, 3.05) is 12.4 Å². The van der Waals surface area contributed by atoms with Crippen molar-refractivity contribution >= 4 is 28.9 Å². The van der Waals surface area contributed by atoms with Crippen molar-refractivity contribution in [1.29, 1.82) is 0 Å². The lowest BCUT2D eigenvalue weighted by molar-refractivity contribution is 0.412. The smallest absolute Gasteiger partial charge is 0.144 e. The quantitative estimate of drug-likeness (QED) is 0.825. The summed E-state index contributed by atoms with van der Waals surface area (Å²) >= 11 is 12.2. The summed E-state index contributed by atoms with van der Waals surface area (Å²) in [6.45, 7) is 1.94. The molecule has 0 saturated heterocycles. The fourth-order valence-electron chi connectivity index (χ4n) is 1.95. The fraction of sp³-hybridized carbons (Fsp3) is 0.200. The summed E-state index contributed by atoms with van der Waals surface area (Å²) < 4.78 is 18.3. The molecule has 0 heterocycles. The van der Waals surface area contributed by atoms with Crippen LogP contribution in [0.4, 0.5) is 10.1 Å². The minimum Gasteiger partial charge on any atom is -0.494 e. The average molecular weight is 314 g/mol. The predicted octanol–water partition coefficient (Wildman–Crippen LogP) is 5.31. The number of nitrogens with one attached hydrogen (secondary N) is 1. The second kappa shape index (κ2) is 6.33. The van der Waals surface area contributed by atoms with Crippen LogP contribution in [0, 0.1) is 5.82 Å². The van der Waals surface area contributed by atoms with Crippen LogP contribution < -0.4 is 10.1 Å².